The fourth-order valence-corrected chi connectivity index (χ4v) is 2.64. The average molecular weight is 258 g/mol. The van der Waals surface area contributed by atoms with E-state index in [-0.39, 0.29) is 5.91 Å². The van der Waals surface area contributed by atoms with Gasteiger partial charge in [0.25, 0.3) is 0 Å². The van der Waals surface area contributed by atoms with Crippen molar-refractivity contribution < 1.29 is 4.79 Å². The van der Waals surface area contributed by atoms with Crippen LogP contribution in [-0.2, 0) is 4.79 Å². The summed E-state index contributed by atoms with van der Waals surface area (Å²) >= 11 is 0. The lowest BCUT2D eigenvalue weighted by atomic mass is 10.1. The molecule has 0 saturated carbocycles. The minimum Gasteiger partial charge on any atom is -0.361 e. The second-order valence-corrected chi connectivity index (χ2v) is 5.05. The SMILES string of the molecule is CC(=O)N1CCC[C@H](n2cc(-c3ccc[nH]3)cn2)C1. The van der Waals surface area contributed by atoms with E-state index >= 15 is 0 Å². The molecular formula is C14H18N4O. The third-order valence-electron chi connectivity index (χ3n) is 3.73. The van der Waals surface area contributed by atoms with Gasteiger partial charge in [-0.05, 0) is 25.0 Å². The molecule has 3 rings (SSSR count). The zero-order valence-electron chi connectivity index (χ0n) is 11.0. The zero-order valence-corrected chi connectivity index (χ0v) is 11.0. The van der Waals surface area contributed by atoms with Gasteiger partial charge in [0.15, 0.2) is 0 Å². The van der Waals surface area contributed by atoms with Crippen LogP contribution in [0.3, 0.4) is 0 Å². The van der Waals surface area contributed by atoms with Crippen LogP contribution in [-0.4, -0.2) is 38.7 Å². The van der Waals surface area contributed by atoms with Crippen molar-refractivity contribution >= 4 is 5.91 Å². The molecule has 5 nitrogen and oxygen atoms in total. The Morgan fingerprint density at radius 3 is 3.16 bits per heavy atom. The highest BCUT2D eigenvalue weighted by Crippen LogP contribution is 2.23. The van der Waals surface area contributed by atoms with E-state index in [2.05, 4.69) is 16.3 Å². The van der Waals surface area contributed by atoms with Gasteiger partial charge in [0.2, 0.25) is 5.91 Å². The number of nitrogens with one attached hydrogen (secondary N) is 1. The van der Waals surface area contributed by atoms with Crippen LogP contribution in [0.15, 0.2) is 30.7 Å². The summed E-state index contributed by atoms with van der Waals surface area (Å²) in [6.45, 7) is 3.27. The molecule has 1 aliphatic rings. The van der Waals surface area contributed by atoms with Crippen molar-refractivity contribution in [2.24, 2.45) is 0 Å². The summed E-state index contributed by atoms with van der Waals surface area (Å²) in [6.07, 6.45) is 7.96. The van der Waals surface area contributed by atoms with E-state index in [9.17, 15) is 4.79 Å². The van der Waals surface area contributed by atoms with Crippen LogP contribution >= 0.6 is 0 Å². The Labute approximate surface area is 112 Å². The Hall–Kier alpha value is -2.04. The van der Waals surface area contributed by atoms with Crippen LogP contribution in [0.2, 0.25) is 0 Å². The van der Waals surface area contributed by atoms with Gasteiger partial charge >= 0.3 is 0 Å². The van der Waals surface area contributed by atoms with E-state index in [0.29, 0.717) is 6.04 Å². The molecule has 0 bridgehead atoms. The lowest BCUT2D eigenvalue weighted by molar-refractivity contribution is -0.130. The van der Waals surface area contributed by atoms with Gasteiger partial charge < -0.3 is 9.88 Å². The minimum absolute atomic E-state index is 0.154. The molecular weight excluding hydrogens is 240 g/mol. The highest BCUT2D eigenvalue weighted by atomic mass is 16.2. The fourth-order valence-electron chi connectivity index (χ4n) is 2.64. The molecule has 0 radical (unpaired) electrons. The van der Waals surface area contributed by atoms with Crippen LogP contribution in [0, 0.1) is 0 Å². The van der Waals surface area contributed by atoms with E-state index in [4.69, 9.17) is 0 Å². The number of nitrogens with zero attached hydrogens (tertiary/aromatic N) is 3. The van der Waals surface area contributed by atoms with Crippen molar-refractivity contribution in [2.45, 2.75) is 25.8 Å². The number of aromatic nitrogens is 3. The number of piperidine rings is 1. The van der Waals surface area contributed by atoms with Crippen molar-refractivity contribution in [2.75, 3.05) is 13.1 Å². The van der Waals surface area contributed by atoms with E-state index in [1.165, 1.54) is 0 Å². The van der Waals surface area contributed by atoms with Gasteiger partial charge in [0.05, 0.1) is 12.2 Å². The predicted molar refractivity (Wildman–Crippen MR) is 72.5 cm³/mol. The fraction of sp³-hybridized carbons (Fsp3) is 0.429. The minimum atomic E-state index is 0.154. The molecule has 0 aromatic carbocycles. The van der Waals surface area contributed by atoms with Gasteiger partial charge in [-0.15, -0.1) is 0 Å². The third kappa shape index (κ3) is 2.41. The van der Waals surface area contributed by atoms with E-state index < -0.39 is 0 Å². The number of likely N-dealkylation sites (tertiary alicyclic amines) is 1. The van der Waals surface area contributed by atoms with Gasteiger partial charge in [-0.3, -0.25) is 9.48 Å². The summed E-state index contributed by atoms with van der Waals surface area (Å²) in [5, 5.41) is 4.45. The van der Waals surface area contributed by atoms with Crippen molar-refractivity contribution in [3.8, 4) is 11.3 Å². The van der Waals surface area contributed by atoms with Gasteiger partial charge in [-0.1, -0.05) is 0 Å². The average Bonchev–Trinajstić information content (AvgIpc) is 3.09. The number of hydrogen-bond donors (Lipinski definition) is 1. The first kappa shape index (κ1) is 12.0. The molecule has 1 saturated heterocycles. The van der Waals surface area contributed by atoms with Gasteiger partial charge in [0.1, 0.15) is 0 Å². The standard InChI is InChI=1S/C14H18N4O/c1-11(19)17-7-3-4-13(10-17)18-9-12(8-16-18)14-5-2-6-15-14/h2,5-6,8-9,13,15H,3-4,7,10H2,1H3/t13-/m0/s1. The van der Waals surface area contributed by atoms with E-state index in [0.717, 1.165) is 37.2 Å². The Balaban J connectivity index is 1.77. The van der Waals surface area contributed by atoms with E-state index in [1.807, 2.05) is 34.1 Å². The van der Waals surface area contributed by atoms with Crippen LogP contribution in [0.4, 0.5) is 0 Å². The van der Waals surface area contributed by atoms with Crippen LogP contribution in [0.5, 0.6) is 0 Å². The number of H-pyrrole nitrogens is 1. The quantitative estimate of drug-likeness (QED) is 0.896. The molecule has 5 heteroatoms. The topological polar surface area (TPSA) is 53.9 Å². The first-order valence-corrected chi connectivity index (χ1v) is 6.67. The summed E-state index contributed by atoms with van der Waals surface area (Å²) in [7, 11) is 0. The van der Waals surface area contributed by atoms with Crippen LogP contribution < -0.4 is 0 Å². The van der Waals surface area contributed by atoms with Crippen LogP contribution in [0.1, 0.15) is 25.8 Å². The summed E-state index contributed by atoms with van der Waals surface area (Å²) in [4.78, 5) is 16.5. The van der Waals surface area contributed by atoms with Crippen LogP contribution in [0.25, 0.3) is 11.3 Å². The van der Waals surface area contributed by atoms with E-state index in [1.54, 1.807) is 6.92 Å². The lowest BCUT2D eigenvalue weighted by Gasteiger charge is -2.32. The monoisotopic (exact) mass is 258 g/mol. The number of hydrogen-bond acceptors (Lipinski definition) is 2. The molecule has 1 atom stereocenters. The molecule has 0 unspecified atom stereocenters. The molecule has 1 aliphatic heterocycles. The van der Waals surface area contributed by atoms with Gasteiger partial charge in [0, 0.05) is 43.7 Å². The molecule has 2 aromatic heterocycles. The number of aromatic amines is 1. The molecule has 100 valence electrons. The molecule has 2 aromatic rings. The maximum atomic E-state index is 11.5. The zero-order chi connectivity index (χ0) is 13.2. The van der Waals surface area contributed by atoms with Crippen molar-refractivity contribution in [3.05, 3.63) is 30.7 Å². The first-order valence-electron chi connectivity index (χ1n) is 6.67. The molecule has 0 aliphatic carbocycles. The summed E-state index contributed by atoms with van der Waals surface area (Å²) < 4.78 is 1.99. The largest absolute Gasteiger partial charge is 0.361 e. The van der Waals surface area contributed by atoms with Crippen molar-refractivity contribution in [3.63, 3.8) is 0 Å². The Morgan fingerprint density at radius 2 is 2.42 bits per heavy atom. The highest BCUT2D eigenvalue weighted by Gasteiger charge is 2.23. The number of rotatable bonds is 2. The summed E-state index contributed by atoms with van der Waals surface area (Å²) in [6, 6.07) is 4.30. The van der Waals surface area contributed by atoms with Gasteiger partial charge in [-0.2, -0.15) is 5.10 Å². The second kappa shape index (κ2) is 4.91. The molecule has 0 spiro atoms. The molecule has 1 amide bonds. The predicted octanol–water partition coefficient (Wildman–Crippen LogP) is 2.06. The molecule has 1 fully saturated rings. The summed E-state index contributed by atoms with van der Waals surface area (Å²) in [5.41, 5.74) is 2.16. The smallest absolute Gasteiger partial charge is 0.219 e. The first-order chi connectivity index (χ1) is 9.24. The highest BCUT2D eigenvalue weighted by molar-refractivity contribution is 5.73. The number of carbonyl (C=O) groups excluding carboxylic acids is 1. The number of amides is 1. The Bertz CT molecular complexity index is 558. The second-order valence-electron chi connectivity index (χ2n) is 5.05. The Kier molecular flexibility index (Phi) is 3.11. The molecule has 1 N–H and O–H groups in total. The lowest BCUT2D eigenvalue weighted by Crippen LogP contribution is -2.39. The third-order valence-corrected chi connectivity index (χ3v) is 3.73. The summed E-state index contributed by atoms with van der Waals surface area (Å²) in [5.74, 6) is 0.154. The van der Waals surface area contributed by atoms with Crippen molar-refractivity contribution in [1.82, 2.24) is 19.7 Å². The Morgan fingerprint density at radius 1 is 1.53 bits per heavy atom. The number of carbonyl (C=O) groups is 1. The van der Waals surface area contributed by atoms with Crippen molar-refractivity contribution in [1.29, 1.82) is 0 Å². The van der Waals surface area contributed by atoms with Gasteiger partial charge in [-0.25, -0.2) is 0 Å². The normalized spacial score (nSPS) is 19.6. The molecule has 19 heavy (non-hydrogen) atoms. The maximum absolute atomic E-state index is 11.5. The molecule has 3 heterocycles. The maximum Gasteiger partial charge on any atom is 0.219 e.